The Bertz CT molecular complexity index is 819. The van der Waals surface area contributed by atoms with Crippen LogP contribution in [0.1, 0.15) is 27.3 Å². The first-order valence-electron chi connectivity index (χ1n) is 8.48. The number of aromatic nitrogens is 2. The average Bonchev–Trinajstić information content (AvgIpc) is 3.14. The smallest absolute Gasteiger partial charge is 0.261 e. The quantitative estimate of drug-likeness (QED) is 0.662. The molecule has 0 unspecified atom stereocenters. The van der Waals surface area contributed by atoms with Gasteiger partial charge in [-0.3, -0.25) is 9.48 Å². The van der Waals surface area contributed by atoms with Crippen molar-refractivity contribution in [2.24, 2.45) is 7.05 Å². The predicted octanol–water partition coefficient (Wildman–Crippen LogP) is 3.20. The number of benzene rings is 1. The Morgan fingerprint density at radius 2 is 2.08 bits per heavy atom. The van der Waals surface area contributed by atoms with E-state index in [9.17, 15) is 4.79 Å². The second-order valence-corrected chi connectivity index (χ2v) is 7.40. The van der Waals surface area contributed by atoms with Gasteiger partial charge >= 0.3 is 0 Å². The van der Waals surface area contributed by atoms with Crippen molar-refractivity contribution in [3.8, 4) is 0 Å². The van der Waals surface area contributed by atoms with Crippen LogP contribution < -0.4 is 5.32 Å². The van der Waals surface area contributed by atoms with Crippen LogP contribution in [0.4, 0.5) is 0 Å². The molecule has 0 aliphatic carbocycles. The molecular weight excluding hydrogens is 332 g/mol. The Balaban J connectivity index is 1.45. The van der Waals surface area contributed by atoms with Gasteiger partial charge in [-0.2, -0.15) is 5.10 Å². The number of nitrogens with zero attached hydrogens (tertiary/aromatic N) is 3. The zero-order valence-corrected chi connectivity index (χ0v) is 15.8. The minimum atomic E-state index is 0.00584. The van der Waals surface area contributed by atoms with Gasteiger partial charge in [-0.05, 0) is 38.6 Å². The number of aryl methyl sites for hydroxylation is 2. The van der Waals surface area contributed by atoms with Gasteiger partial charge in [0.25, 0.3) is 5.91 Å². The number of hydrogen-bond acceptors (Lipinski definition) is 4. The summed E-state index contributed by atoms with van der Waals surface area (Å²) in [5.41, 5.74) is 2.28. The van der Waals surface area contributed by atoms with Crippen molar-refractivity contribution in [3.05, 3.63) is 52.5 Å². The van der Waals surface area contributed by atoms with Gasteiger partial charge in [0, 0.05) is 25.5 Å². The molecule has 0 radical (unpaired) electrons. The third-order valence-electron chi connectivity index (χ3n) is 4.22. The van der Waals surface area contributed by atoms with E-state index in [1.54, 1.807) is 0 Å². The lowest BCUT2D eigenvalue weighted by molar-refractivity contribution is 0.0956. The van der Waals surface area contributed by atoms with Gasteiger partial charge in [-0.25, -0.2) is 0 Å². The number of fused-ring (bicyclic) bond motifs is 1. The lowest BCUT2D eigenvalue weighted by Crippen LogP contribution is -2.27. The topological polar surface area (TPSA) is 50.2 Å². The van der Waals surface area contributed by atoms with Crippen LogP contribution in [0.15, 0.2) is 36.4 Å². The summed E-state index contributed by atoms with van der Waals surface area (Å²) in [7, 11) is 4.02. The number of carbonyl (C=O) groups excluding carboxylic acids is 1. The van der Waals surface area contributed by atoms with E-state index < -0.39 is 0 Å². The Hall–Kier alpha value is -2.18. The molecule has 0 saturated heterocycles. The minimum absolute atomic E-state index is 0.00584. The zero-order valence-electron chi connectivity index (χ0n) is 15.0. The fourth-order valence-electron chi connectivity index (χ4n) is 2.93. The second-order valence-electron chi connectivity index (χ2n) is 6.37. The Morgan fingerprint density at radius 3 is 2.80 bits per heavy atom. The number of carbonyl (C=O) groups is 1. The lowest BCUT2D eigenvalue weighted by Gasteiger charge is -2.16. The summed E-state index contributed by atoms with van der Waals surface area (Å²) in [5.74, 6) is 0.00584. The molecule has 0 saturated carbocycles. The molecule has 1 amide bonds. The highest BCUT2D eigenvalue weighted by molar-refractivity contribution is 7.20. The summed E-state index contributed by atoms with van der Waals surface area (Å²) in [5, 5.41) is 8.46. The third-order valence-corrected chi connectivity index (χ3v) is 5.42. The van der Waals surface area contributed by atoms with Gasteiger partial charge in [-0.1, -0.05) is 30.3 Å². The number of rotatable bonds is 7. The highest BCUT2D eigenvalue weighted by atomic mass is 32.1. The second kappa shape index (κ2) is 7.80. The first kappa shape index (κ1) is 17.6. The van der Waals surface area contributed by atoms with Crippen LogP contribution in [0, 0.1) is 6.92 Å². The van der Waals surface area contributed by atoms with E-state index in [0.717, 1.165) is 40.3 Å². The maximum atomic E-state index is 12.3. The van der Waals surface area contributed by atoms with Crippen LogP contribution in [0.2, 0.25) is 0 Å². The summed E-state index contributed by atoms with van der Waals surface area (Å²) in [4.78, 5) is 16.4. The molecule has 2 heterocycles. The average molecular weight is 356 g/mol. The summed E-state index contributed by atoms with van der Waals surface area (Å²) in [6, 6.07) is 12.4. The van der Waals surface area contributed by atoms with Crippen LogP contribution >= 0.6 is 11.3 Å². The fourth-order valence-corrected chi connectivity index (χ4v) is 3.97. The van der Waals surface area contributed by atoms with E-state index >= 15 is 0 Å². The summed E-state index contributed by atoms with van der Waals surface area (Å²) in [6.07, 6.45) is 0.931. The Kier molecular flexibility index (Phi) is 5.50. The van der Waals surface area contributed by atoms with Crippen LogP contribution in [0.3, 0.4) is 0 Å². The van der Waals surface area contributed by atoms with E-state index in [-0.39, 0.29) is 5.91 Å². The minimum Gasteiger partial charge on any atom is -0.351 e. The molecule has 3 aromatic rings. The third kappa shape index (κ3) is 4.27. The molecule has 5 nitrogen and oxygen atoms in total. The van der Waals surface area contributed by atoms with Crippen molar-refractivity contribution in [1.82, 2.24) is 20.0 Å². The molecule has 2 aromatic heterocycles. The molecule has 0 spiro atoms. The van der Waals surface area contributed by atoms with E-state index in [0.29, 0.717) is 6.54 Å². The summed E-state index contributed by atoms with van der Waals surface area (Å²) < 4.78 is 1.84. The molecule has 0 aliphatic rings. The summed E-state index contributed by atoms with van der Waals surface area (Å²) in [6.45, 7) is 4.53. The van der Waals surface area contributed by atoms with E-state index in [4.69, 9.17) is 0 Å². The molecule has 0 aliphatic heterocycles. The first-order valence-corrected chi connectivity index (χ1v) is 9.30. The van der Waals surface area contributed by atoms with Crippen molar-refractivity contribution < 1.29 is 4.79 Å². The lowest BCUT2D eigenvalue weighted by atomic mass is 10.2. The van der Waals surface area contributed by atoms with Gasteiger partial charge in [-0.15, -0.1) is 11.3 Å². The van der Waals surface area contributed by atoms with Gasteiger partial charge < -0.3 is 10.2 Å². The van der Waals surface area contributed by atoms with E-state index in [2.05, 4.69) is 46.6 Å². The SMILES string of the molecule is Cc1nn(C)c2sc(C(=O)NCCCN(C)Cc3ccccc3)cc12. The standard InChI is InChI=1S/C19H24N4OS/c1-14-16-12-17(25-19(16)23(3)21-14)18(24)20-10-7-11-22(2)13-15-8-5-4-6-9-15/h4-6,8-9,12H,7,10-11,13H2,1-3H3,(H,20,24). The highest BCUT2D eigenvalue weighted by Gasteiger charge is 2.14. The normalized spacial score (nSPS) is 11.4. The van der Waals surface area contributed by atoms with Crippen molar-refractivity contribution in [2.75, 3.05) is 20.1 Å². The van der Waals surface area contributed by atoms with Crippen LogP contribution in [0.25, 0.3) is 10.2 Å². The molecule has 0 bridgehead atoms. The molecular formula is C19H24N4OS. The molecule has 1 N–H and O–H groups in total. The first-order chi connectivity index (χ1) is 12.0. The molecule has 0 atom stereocenters. The summed E-state index contributed by atoms with van der Waals surface area (Å²) >= 11 is 1.50. The van der Waals surface area contributed by atoms with Crippen molar-refractivity contribution in [1.29, 1.82) is 0 Å². The molecule has 132 valence electrons. The fraction of sp³-hybridized carbons (Fsp3) is 0.368. The zero-order chi connectivity index (χ0) is 17.8. The monoisotopic (exact) mass is 356 g/mol. The van der Waals surface area contributed by atoms with Crippen molar-refractivity contribution in [2.45, 2.75) is 19.9 Å². The van der Waals surface area contributed by atoms with Crippen LogP contribution in [-0.2, 0) is 13.6 Å². The van der Waals surface area contributed by atoms with Crippen molar-refractivity contribution >= 4 is 27.5 Å². The van der Waals surface area contributed by atoms with Gasteiger partial charge in [0.05, 0.1) is 10.6 Å². The maximum absolute atomic E-state index is 12.3. The molecule has 6 heteroatoms. The molecule has 1 aromatic carbocycles. The number of thiophene rings is 1. The maximum Gasteiger partial charge on any atom is 0.261 e. The molecule has 25 heavy (non-hydrogen) atoms. The number of hydrogen-bond donors (Lipinski definition) is 1. The van der Waals surface area contributed by atoms with Gasteiger partial charge in [0.2, 0.25) is 0 Å². The van der Waals surface area contributed by atoms with Gasteiger partial charge in [0.1, 0.15) is 4.83 Å². The Labute approximate surface area is 152 Å². The van der Waals surface area contributed by atoms with Crippen LogP contribution in [0.5, 0.6) is 0 Å². The molecule has 3 rings (SSSR count). The van der Waals surface area contributed by atoms with E-state index in [1.165, 1.54) is 16.9 Å². The highest BCUT2D eigenvalue weighted by Crippen LogP contribution is 2.27. The van der Waals surface area contributed by atoms with Crippen molar-refractivity contribution in [3.63, 3.8) is 0 Å². The predicted molar refractivity (Wildman–Crippen MR) is 103 cm³/mol. The number of nitrogens with one attached hydrogen (secondary N) is 1. The van der Waals surface area contributed by atoms with E-state index in [1.807, 2.05) is 30.8 Å². The Morgan fingerprint density at radius 1 is 1.32 bits per heavy atom. The van der Waals surface area contributed by atoms with Gasteiger partial charge in [0.15, 0.2) is 0 Å². The largest absolute Gasteiger partial charge is 0.351 e. The van der Waals surface area contributed by atoms with Crippen LogP contribution in [-0.4, -0.2) is 40.7 Å². The molecule has 0 fully saturated rings. The number of amides is 1.